The molecule has 0 aliphatic carbocycles. The SMILES string of the molecule is COCC(C)OCC(O)CSc1nc(C)c(C)c(C)n1. The van der Waals surface area contributed by atoms with E-state index in [0.29, 0.717) is 24.1 Å². The summed E-state index contributed by atoms with van der Waals surface area (Å²) < 4.78 is 10.4. The number of methoxy groups -OCH3 is 1. The average Bonchev–Trinajstić information content (AvgIpc) is 2.40. The van der Waals surface area contributed by atoms with Gasteiger partial charge in [0.15, 0.2) is 5.16 Å². The smallest absolute Gasteiger partial charge is 0.188 e. The number of aryl methyl sites for hydroxylation is 2. The van der Waals surface area contributed by atoms with E-state index in [9.17, 15) is 5.11 Å². The Balaban J connectivity index is 2.39. The minimum absolute atomic E-state index is 0.0141. The molecule has 0 saturated heterocycles. The highest BCUT2D eigenvalue weighted by Gasteiger charge is 2.11. The van der Waals surface area contributed by atoms with Crippen molar-refractivity contribution in [3.63, 3.8) is 0 Å². The van der Waals surface area contributed by atoms with Crippen LogP contribution in [0.1, 0.15) is 23.9 Å². The van der Waals surface area contributed by atoms with Crippen molar-refractivity contribution >= 4 is 11.8 Å². The predicted octanol–water partition coefficient (Wildman–Crippen LogP) is 1.91. The Morgan fingerprint density at radius 1 is 1.15 bits per heavy atom. The zero-order valence-corrected chi connectivity index (χ0v) is 13.7. The second kappa shape index (κ2) is 8.56. The third kappa shape index (κ3) is 5.75. The summed E-state index contributed by atoms with van der Waals surface area (Å²) in [5.41, 5.74) is 3.09. The summed E-state index contributed by atoms with van der Waals surface area (Å²) in [4.78, 5) is 8.82. The largest absolute Gasteiger partial charge is 0.390 e. The number of aliphatic hydroxyl groups is 1. The van der Waals surface area contributed by atoms with Gasteiger partial charge in [0.1, 0.15) is 0 Å². The molecular formula is C14H24N2O3S. The lowest BCUT2D eigenvalue weighted by Crippen LogP contribution is -2.24. The molecule has 0 aliphatic heterocycles. The molecule has 6 heteroatoms. The maximum atomic E-state index is 9.88. The first-order valence-electron chi connectivity index (χ1n) is 6.67. The van der Waals surface area contributed by atoms with Crippen molar-refractivity contribution in [3.05, 3.63) is 17.0 Å². The standard InChI is InChI=1S/C14H24N2O3S/c1-9(6-18-5)19-7-13(17)8-20-14-15-11(3)10(2)12(4)16-14/h9,13,17H,6-8H2,1-5H3. The van der Waals surface area contributed by atoms with Crippen molar-refractivity contribution in [2.75, 3.05) is 26.1 Å². The molecule has 5 nitrogen and oxygen atoms in total. The van der Waals surface area contributed by atoms with Crippen molar-refractivity contribution in [3.8, 4) is 0 Å². The predicted molar refractivity (Wildman–Crippen MR) is 80.3 cm³/mol. The monoisotopic (exact) mass is 300 g/mol. The van der Waals surface area contributed by atoms with E-state index in [1.165, 1.54) is 11.8 Å². The summed E-state index contributed by atoms with van der Waals surface area (Å²) in [5, 5.41) is 10.6. The van der Waals surface area contributed by atoms with Gasteiger partial charge in [0, 0.05) is 24.3 Å². The molecule has 1 N–H and O–H groups in total. The third-order valence-corrected chi connectivity index (χ3v) is 3.98. The van der Waals surface area contributed by atoms with Gasteiger partial charge in [-0.05, 0) is 33.3 Å². The maximum absolute atomic E-state index is 9.88. The van der Waals surface area contributed by atoms with Crippen LogP contribution in [-0.2, 0) is 9.47 Å². The summed E-state index contributed by atoms with van der Waals surface area (Å²) in [7, 11) is 1.63. The van der Waals surface area contributed by atoms with E-state index in [2.05, 4.69) is 9.97 Å². The fourth-order valence-corrected chi connectivity index (χ4v) is 2.42. The van der Waals surface area contributed by atoms with Gasteiger partial charge in [-0.3, -0.25) is 0 Å². The molecule has 114 valence electrons. The maximum Gasteiger partial charge on any atom is 0.188 e. The lowest BCUT2D eigenvalue weighted by Gasteiger charge is -2.15. The highest BCUT2D eigenvalue weighted by atomic mass is 32.2. The summed E-state index contributed by atoms with van der Waals surface area (Å²) in [6.07, 6.45) is -0.551. The lowest BCUT2D eigenvalue weighted by molar-refractivity contribution is -0.0257. The Bertz CT molecular complexity index is 406. The van der Waals surface area contributed by atoms with Crippen LogP contribution in [0.4, 0.5) is 0 Å². The van der Waals surface area contributed by atoms with Gasteiger partial charge < -0.3 is 14.6 Å². The van der Waals surface area contributed by atoms with Crippen LogP contribution in [0.15, 0.2) is 5.16 Å². The molecular weight excluding hydrogens is 276 g/mol. The van der Waals surface area contributed by atoms with Crippen LogP contribution >= 0.6 is 11.8 Å². The topological polar surface area (TPSA) is 64.5 Å². The Kier molecular flexibility index (Phi) is 7.43. The van der Waals surface area contributed by atoms with E-state index in [0.717, 1.165) is 17.0 Å². The van der Waals surface area contributed by atoms with E-state index in [-0.39, 0.29) is 6.10 Å². The van der Waals surface area contributed by atoms with Crippen LogP contribution in [0.2, 0.25) is 0 Å². The molecule has 0 bridgehead atoms. The second-order valence-corrected chi connectivity index (χ2v) is 5.85. The van der Waals surface area contributed by atoms with Crippen molar-refractivity contribution in [2.24, 2.45) is 0 Å². The van der Waals surface area contributed by atoms with Crippen LogP contribution in [0.25, 0.3) is 0 Å². The van der Waals surface area contributed by atoms with Crippen LogP contribution in [-0.4, -0.2) is 53.4 Å². The Labute approximate surface area is 125 Å². The molecule has 1 aromatic heterocycles. The molecule has 0 radical (unpaired) electrons. The summed E-state index contributed by atoms with van der Waals surface area (Å²) in [5.74, 6) is 0.516. The van der Waals surface area contributed by atoms with E-state index in [1.807, 2.05) is 27.7 Å². The summed E-state index contributed by atoms with van der Waals surface area (Å²) in [6, 6.07) is 0. The van der Waals surface area contributed by atoms with Crippen LogP contribution < -0.4 is 0 Å². The van der Waals surface area contributed by atoms with E-state index >= 15 is 0 Å². The molecule has 0 spiro atoms. The third-order valence-electron chi connectivity index (χ3n) is 2.99. The van der Waals surface area contributed by atoms with E-state index in [1.54, 1.807) is 7.11 Å². The second-order valence-electron chi connectivity index (χ2n) is 4.87. The minimum atomic E-state index is -0.537. The van der Waals surface area contributed by atoms with Gasteiger partial charge in [0.25, 0.3) is 0 Å². The molecule has 1 rings (SSSR count). The van der Waals surface area contributed by atoms with Crippen LogP contribution in [0.5, 0.6) is 0 Å². The van der Waals surface area contributed by atoms with Crippen LogP contribution in [0, 0.1) is 20.8 Å². The molecule has 20 heavy (non-hydrogen) atoms. The van der Waals surface area contributed by atoms with Crippen molar-refractivity contribution in [1.29, 1.82) is 0 Å². The summed E-state index contributed by atoms with van der Waals surface area (Å²) in [6.45, 7) is 8.69. The average molecular weight is 300 g/mol. The first-order valence-corrected chi connectivity index (χ1v) is 7.65. The fraction of sp³-hybridized carbons (Fsp3) is 0.714. The van der Waals surface area contributed by atoms with Gasteiger partial charge in [-0.1, -0.05) is 11.8 Å². The van der Waals surface area contributed by atoms with Gasteiger partial charge >= 0.3 is 0 Å². The zero-order chi connectivity index (χ0) is 15.1. The molecule has 1 aromatic rings. The number of thioether (sulfide) groups is 1. The molecule has 0 aromatic carbocycles. The first kappa shape index (κ1) is 17.4. The fourth-order valence-electron chi connectivity index (χ4n) is 1.58. The summed E-state index contributed by atoms with van der Waals surface area (Å²) >= 11 is 1.45. The number of hydrogen-bond acceptors (Lipinski definition) is 6. The number of aliphatic hydroxyl groups excluding tert-OH is 1. The van der Waals surface area contributed by atoms with Gasteiger partial charge in [-0.25, -0.2) is 9.97 Å². The van der Waals surface area contributed by atoms with Crippen molar-refractivity contribution in [2.45, 2.75) is 45.1 Å². The Morgan fingerprint density at radius 2 is 1.75 bits per heavy atom. The molecule has 1 heterocycles. The molecule has 2 atom stereocenters. The van der Waals surface area contributed by atoms with Crippen molar-refractivity contribution in [1.82, 2.24) is 9.97 Å². The molecule has 0 amide bonds. The highest BCUT2D eigenvalue weighted by Crippen LogP contribution is 2.18. The number of hydrogen-bond donors (Lipinski definition) is 1. The van der Waals surface area contributed by atoms with E-state index < -0.39 is 6.10 Å². The van der Waals surface area contributed by atoms with Crippen molar-refractivity contribution < 1.29 is 14.6 Å². The number of aromatic nitrogens is 2. The highest BCUT2D eigenvalue weighted by molar-refractivity contribution is 7.99. The minimum Gasteiger partial charge on any atom is -0.390 e. The van der Waals surface area contributed by atoms with Gasteiger partial charge in [-0.15, -0.1) is 0 Å². The Hall–Kier alpha value is -0.690. The quantitative estimate of drug-likeness (QED) is 0.584. The number of nitrogens with zero attached hydrogens (tertiary/aromatic N) is 2. The molecule has 2 unspecified atom stereocenters. The molecule has 0 aliphatic rings. The Morgan fingerprint density at radius 3 is 2.30 bits per heavy atom. The van der Waals surface area contributed by atoms with Gasteiger partial charge in [0.05, 0.1) is 25.4 Å². The normalized spacial score (nSPS) is 14.3. The lowest BCUT2D eigenvalue weighted by atomic mass is 10.2. The zero-order valence-electron chi connectivity index (χ0n) is 12.8. The van der Waals surface area contributed by atoms with Gasteiger partial charge in [-0.2, -0.15) is 0 Å². The van der Waals surface area contributed by atoms with E-state index in [4.69, 9.17) is 9.47 Å². The van der Waals surface area contributed by atoms with Gasteiger partial charge in [0.2, 0.25) is 0 Å². The van der Waals surface area contributed by atoms with Crippen LogP contribution in [0.3, 0.4) is 0 Å². The number of ether oxygens (including phenoxy) is 2. The molecule has 0 saturated carbocycles. The number of rotatable bonds is 8. The first-order chi connectivity index (χ1) is 9.43. The molecule has 0 fully saturated rings.